The summed E-state index contributed by atoms with van der Waals surface area (Å²) in [5.74, 6) is -0.371. The molecule has 0 bridgehead atoms. The van der Waals surface area contributed by atoms with E-state index in [1.165, 1.54) is 0 Å². The number of hydrogen-bond donors (Lipinski definition) is 0. The highest BCUT2D eigenvalue weighted by molar-refractivity contribution is 7.98. The highest BCUT2D eigenvalue weighted by atomic mass is 32.2. The number of benzene rings is 2. The SMILES string of the molecule is CSCC[C@H](C(=O)Oc1c(C)cccc1C)N1C(=O)c2ccccc2C1=O. The molecule has 1 aliphatic heterocycles. The number of rotatable bonds is 6. The van der Waals surface area contributed by atoms with Crippen LogP contribution in [0.2, 0.25) is 0 Å². The van der Waals surface area contributed by atoms with Crippen LogP contribution in [0.5, 0.6) is 5.75 Å². The Morgan fingerprint density at radius 1 is 1.00 bits per heavy atom. The van der Waals surface area contributed by atoms with Crippen molar-refractivity contribution in [1.82, 2.24) is 4.90 Å². The number of carbonyl (C=O) groups excluding carboxylic acids is 3. The van der Waals surface area contributed by atoms with E-state index in [2.05, 4.69) is 0 Å². The number of fused-ring (bicyclic) bond motifs is 1. The molecule has 1 aliphatic rings. The topological polar surface area (TPSA) is 63.7 Å². The summed E-state index contributed by atoms with van der Waals surface area (Å²) < 4.78 is 5.65. The normalized spacial score (nSPS) is 14.3. The molecule has 0 aromatic heterocycles. The van der Waals surface area contributed by atoms with Crippen molar-refractivity contribution in [3.05, 3.63) is 64.7 Å². The van der Waals surface area contributed by atoms with Crippen molar-refractivity contribution in [3.8, 4) is 5.75 Å². The minimum Gasteiger partial charge on any atom is -0.424 e. The van der Waals surface area contributed by atoms with E-state index in [0.717, 1.165) is 16.0 Å². The van der Waals surface area contributed by atoms with E-state index >= 15 is 0 Å². The van der Waals surface area contributed by atoms with Crippen LogP contribution in [0.15, 0.2) is 42.5 Å². The molecule has 2 aromatic carbocycles. The molecule has 0 radical (unpaired) electrons. The molecule has 2 amide bonds. The van der Waals surface area contributed by atoms with E-state index in [0.29, 0.717) is 29.1 Å². The molecule has 6 heteroatoms. The molecule has 1 atom stereocenters. The molecular weight excluding hydrogens is 362 g/mol. The summed E-state index contributed by atoms with van der Waals surface area (Å²) in [4.78, 5) is 39.6. The predicted molar refractivity (Wildman–Crippen MR) is 105 cm³/mol. The van der Waals surface area contributed by atoms with E-state index in [1.54, 1.807) is 36.0 Å². The summed E-state index contributed by atoms with van der Waals surface area (Å²) in [5.41, 5.74) is 2.32. The zero-order valence-corrected chi connectivity index (χ0v) is 16.3. The molecule has 0 N–H and O–H groups in total. The van der Waals surface area contributed by atoms with E-state index in [1.807, 2.05) is 38.3 Å². The van der Waals surface area contributed by atoms with Gasteiger partial charge in [0, 0.05) is 0 Å². The van der Waals surface area contributed by atoms with E-state index in [9.17, 15) is 14.4 Å². The maximum absolute atomic E-state index is 13.0. The third kappa shape index (κ3) is 3.62. The molecule has 140 valence electrons. The molecule has 2 aromatic rings. The Kier molecular flexibility index (Phi) is 5.65. The third-order valence-corrected chi connectivity index (χ3v) is 5.26. The maximum atomic E-state index is 13.0. The number of para-hydroxylation sites is 1. The number of amides is 2. The van der Waals surface area contributed by atoms with Crippen LogP contribution in [0.1, 0.15) is 38.3 Å². The molecule has 0 aliphatic carbocycles. The Morgan fingerprint density at radius 2 is 1.56 bits per heavy atom. The van der Waals surface area contributed by atoms with Crippen LogP contribution < -0.4 is 4.74 Å². The molecule has 0 saturated heterocycles. The van der Waals surface area contributed by atoms with Gasteiger partial charge < -0.3 is 4.74 Å². The number of esters is 1. The number of carbonyl (C=O) groups is 3. The highest BCUT2D eigenvalue weighted by Gasteiger charge is 2.43. The molecule has 0 saturated carbocycles. The lowest BCUT2D eigenvalue weighted by molar-refractivity contribution is -0.139. The Morgan fingerprint density at radius 3 is 2.07 bits per heavy atom. The van der Waals surface area contributed by atoms with Crippen molar-refractivity contribution >= 4 is 29.5 Å². The summed E-state index contributed by atoms with van der Waals surface area (Å²) in [6.07, 6.45) is 2.26. The molecule has 27 heavy (non-hydrogen) atoms. The zero-order chi connectivity index (χ0) is 19.6. The van der Waals surface area contributed by atoms with Crippen LogP contribution in [0.3, 0.4) is 0 Å². The summed E-state index contributed by atoms with van der Waals surface area (Å²) in [7, 11) is 0. The standard InChI is InChI=1S/C21H21NO4S/c1-13-7-6-8-14(2)18(13)26-21(25)17(11-12-27-3)22-19(23)15-9-4-5-10-16(15)20(22)24/h4-10,17H,11-12H2,1-3H3/t17-/m1/s1. The summed E-state index contributed by atoms with van der Waals surface area (Å²) in [5, 5.41) is 0. The van der Waals surface area contributed by atoms with Crippen LogP contribution in [0.25, 0.3) is 0 Å². The average Bonchev–Trinajstić information content (AvgIpc) is 2.91. The van der Waals surface area contributed by atoms with Crippen molar-refractivity contribution in [1.29, 1.82) is 0 Å². The first kappa shape index (κ1) is 19.2. The smallest absolute Gasteiger partial charge is 0.334 e. The Bertz CT molecular complexity index is 854. The fourth-order valence-corrected chi connectivity index (χ4v) is 3.66. The Balaban J connectivity index is 1.92. The molecule has 3 rings (SSSR count). The van der Waals surface area contributed by atoms with Gasteiger partial charge in [-0.3, -0.25) is 14.5 Å². The van der Waals surface area contributed by atoms with Crippen molar-refractivity contribution in [3.63, 3.8) is 0 Å². The molecule has 1 heterocycles. The van der Waals surface area contributed by atoms with Gasteiger partial charge in [0.1, 0.15) is 11.8 Å². The average molecular weight is 383 g/mol. The van der Waals surface area contributed by atoms with Gasteiger partial charge >= 0.3 is 5.97 Å². The van der Waals surface area contributed by atoms with Crippen molar-refractivity contribution in [2.45, 2.75) is 26.3 Å². The minimum absolute atomic E-state index is 0.330. The first-order valence-corrected chi connectivity index (χ1v) is 10.1. The van der Waals surface area contributed by atoms with Crippen LogP contribution in [0.4, 0.5) is 0 Å². The number of ether oxygens (including phenoxy) is 1. The molecular formula is C21H21NO4S. The minimum atomic E-state index is -0.955. The third-order valence-electron chi connectivity index (χ3n) is 4.62. The number of nitrogens with zero attached hydrogens (tertiary/aromatic N) is 1. The van der Waals surface area contributed by atoms with Gasteiger partial charge in [-0.25, -0.2) is 4.79 Å². The van der Waals surface area contributed by atoms with Gasteiger partial charge in [-0.15, -0.1) is 0 Å². The van der Waals surface area contributed by atoms with Crippen molar-refractivity contribution in [2.24, 2.45) is 0 Å². The maximum Gasteiger partial charge on any atom is 0.334 e. The molecule has 0 unspecified atom stereocenters. The van der Waals surface area contributed by atoms with Gasteiger partial charge in [0.15, 0.2) is 0 Å². The van der Waals surface area contributed by atoms with Crippen LogP contribution in [-0.4, -0.2) is 40.7 Å². The summed E-state index contributed by atoms with van der Waals surface area (Å²) in [6.45, 7) is 3.71. The first-order valence-electron chi connectivity index (χ1n) is 8.69. The van der Waals surface area contributed by atoms with E-state index in [4.69, 9.17) is 4.74 Å². The van der Waals surface area contributed by atoms with Gasteiger partial charge in [0.25, 0.3) is 11.8 Å². The lowest BCUT2D eigenvalue weighted by atomic mass is 10.1. The van der Waals surface area contributed by atoms with Gasteiger partial charge in [0.2, 0.25) is 0 Å². The van der Waals surface area contributed by atoms with Gasteiger partial charge in [-0.05, 0) is 55.5 Å². The fourth-order valence-electron chi connectivity index (χ4n) is 3.20. The van der Waals surface area contributed by atoms with Crippen LogP contribution in [0, 0.1) is 13.8 Å². The Labute approximate surface area is 162 Å². The molecule has 5 nitrogen and oxygen atoms in total. The fraction of sp³-hybridized carbons (Fsp3) is 0.286. The largest absolute Gasteiger partial charge is 0.424 e. The van der Waals surface area contributed by atoms with Gasteiger partial charge in [-0.1, -0.05) is 30.3 Å². The number of aryl methyl sites for hydroxylation is 2. The second kappa shape index (κ2) is 7.96. The van der Waals surface area contributed by atoms with Gasteiger partial charge in [0.05, 0.1) is 11.1 Å². The lowest BCUT2D eigenvalue weighted by Gasteiger charge is -2.25. The summed E-state index contributed by atoms with van der Waals surface area (Å²) in [6, 6.07) is 11.3. The second-order valence-corrected chi connectivity index (χ2v) is 7.45. The number of imide groups is 1. The van der Waals surface area contributed by atoms with Crippen molar-refractivity contribution < 1.29 is 19.1 Å². The molecule has 0 spiro atoms. The number of hydrogen-bond acceptors (Lipinski definition) is 5. The zero-order valence-electron chi connectivity index (χ0n) is 15.5. The predicted octanol–water partition coefficient (Wildman–Crippen LogP) is 3.63. The molecule has 0 fully saturated rings. The van der Waals surface area contributed by atoms with E-state index < -0.39 is 23.8 Å². The highest BCUT2D eigenvalue weighted by Crippen LogP contribution is 2.28. The van der Waals surface area contributed by atoms with Crippen molar-refractivity contribution in [2.75, 3.05) is 12.0 Å². The quantitative estimate of drug-likeness (QED) is 0.433. The lowest BCUT2D eigenvalue weighted by Crippen LogP contribution is -2.47. The van der Waals surface area contributed by atoms with Gasteiger partial charge in [-0.2, -0.15) is 11.8 Å². The summed E-state index contributed by atoms with van der Waals surface area (Å²) >= 11 is 1.55. The Hall–Kier alpha value is -2.60. The van der Waals surface area contributed by atoms with Crippen LogP contribution in [-0.2, 0) is 4.79 Å². The second-order valence-electron chi connectivity index (χ2n) is 6.47. The van der Waals surface area contributed by atoms with E-state index in [-0.39, 0.29) is 0 Å². The number of thioether (sulfide) groups is 1. The first-order chi connectivity index (χ1) is 13.0. The van der Waals surface area contributed by atoms with Crippen LogP contribution >= 0.6 is 11.8 Å². The monoisotopic (exact) mass is 383 g/mol.